The van der Waals surface area contributed by atoms with Crippen LogP contribution >= 0.6 is 0 Å². The van der Waals surface area contributed by atoms with Crippen LogP contribution < -0.4 is 0 Å². The lowest BCUT2D eigenvalue weighted by atomic mass is 9.91. The van der Waals surface area contributed by atoms with Crippen molar-refractivity contribution < 1.29 is 17.6 Å². The van der Waals surface area contributed by atoms with Crippen molar-refractivity contribution in [3.8, 4) is 11.1 Å². The first kappa shape index (κ1) is 26.7. The van der Waals surface area contributed by atoms with Crippen LogP contribution in [0, 0.1) is 5.82 Å². The molecule has 0 bridgehead atoms. The van der Waals surface area contributed by atoms with Crippen molar-refractivity contribution in [2.45, 2.75) is 82.1 Å². The molecule has 0 nitrogen and oxygen atoms in total. The van der Waals surface area contributed by atoms with E-state index in [2.05, 4.69) is 13.0 Å². The Bertz CT molecular complexity index is 1090. The van der Waals surface area contributed by atoms with Gasteiger partial charge in [-0.1, -0.05) is 92.8 Å². The molecule has 0 N–H and O–H groups in total. The summed E-state index contributed by atoms with van der Waals surface area (Å²) in [6.07, 6.45) is 3.55. The van der Waals surface area contributed by atoms with Gasteiger partial charge in [-0.15, -0.1) is 0 Å². The smallest absolute Gasteiger partial charge is 0.206 e. The molecule has 1 saturated heterocycles. The molecule has 4 rings (SSSR count). The summed E-state index contributed by atoms with van der Waals surface area (Å²) in [5.74, 6) is 0.336. The van der Waals surface area contributed by atoms with Gasteiger partial charge in [-0.05, 0) is 72.1 Å². The normalized spacial score (nSPS) is 18.4. The van der Waals surface area contributed by atoms with Crippen LogP contribution in [-0.4, -0.2) is 8.80 Å². The van der Waals surface area contributed by atoms with Crippen molar-refractivity contribution >= 4 is 8.80 Å². The Balaban J connectivity index is 1.32. The number of rotatable bonds is 9. The molecule has 1 aliphatic heterocycles. The SMILES string of the molecule is CCCCC[SiH]1CCC(c2ccc(-c3ccc(CCc4ccc(C(F)(F)F)cc4)cc3)c(F)c2)CC1. The Labute approximate surface area is 214 Å². The third kappa shape index (κ3) is 7.09. The molecule has 0 aliphatic carbocycles. The number of alkyl halides is 3. The Morgan fingerprint density at radius 1 is 0.806 bits per heavy atom. The summed E-state index contributed by atoms with van der Waals surface area (Å²) in [6, 6.07) is 23.2. The standard InChI is InChI=1S/C31H36F4Si/c1-2-3-4-19-36-20-17-25(18-21-36)27-13-16-29(30(32)22-27)26-11-7-23(8-12-26)5-6-24-9-14-28(15-10-24)31(33,34)35/h7-16,22,25,36H,2-6,17-21H2,1H3. The highest BCUT2D eigenvalue weighted by Crippen LogP contribution is 2.37. The summed E-state index contributed by atoms with van der Waals surface area (Å²) in [5, 5.41) is 0. The molecule has 0 saturated carbocycles. The Hall–Kier alpha value is -2.40. The summed E-state index contributed by atoms with van der Waals surface area (Å²) in [7, 11) is -0.571. The van der Waals surface area contributed by atoms with Crippen LogP contribution in [0.3, 0.4) is 0 Å². The number of hydrogen-bond donors (Lipinski definition) is 0. The van der Waals surface area contributed by atoms with Gasteiger partial charge in [0.05, 0.1) is 5.56 Å². The molecule has 0 amide bonds. The van der Waals surface area contributed by atoms with Gasteiger partial charge >= 0.3 is 6.18 Å². The van der Waals surface area contributed by atoms with Crippen molar-refractivity contribution in [1.82, 2.24) is 0 Å². The van der Waals surface area contributed by atoms with E-state index in [1.165, 1.54) is 62.4 Å². The first-order valence-electron chi connectivity index (χ1n) is 13.4. The van der Waals surface area contributed by atoms with E-state index >= 15 is 4.39 Å². The molecule has 0 spiro atoms. The summed E-state index contributed by atoms with van der Waals surface area (Å²) in [6.45, 7) is 2.26. The van der Waals surface area contributed by atoms with Gasteiger partial charge in [-0.25, -0.2) is 4.39 Å². The van der Waals surface area contributed by atoms with Crippen LogP contribution in [0.2, 0.25) is 18.1 Å². The zero-order chi connectivity index (χ0) is 25.5. The van der Waals surface area contributed by atoms with Gasteiger partial charge in [0.15, 0.2) is 0 Å². The van der Waals surface area contributed by atoms with Crippen molar-refractivity contribution in [2.24, 2.45) is 0 Å². The second-order valence-electron chi connectivity index (χ2n) is 10.3. The molecular formula is C31H36F4Si. The number of halogens is 4. The van der Waals surface area contributed by atoms with Gasteiger partial charge in [-0.2, -0.15) is 13.2 Å². The minimum atomic E-state index is -4.31. The molecule has 3 aromatic carbocycles. The lowest BCUT2D eigenvalue weighted by molar-refractivity contribution is -0.137. The van der Waals surface area contributed by atoms with E-state index in [1.807, 2.05) is 30.3 Å². The summed E-state index contributed by atoms with van der Waals surface area (Å²) >= 11 is 0. The van der Waals surface area contributed by atoms with E-state index in [0.717, 1.165) is 40.8 Å². The summed E-state index contributed by atoms with van der Waals surface area (Å²) in [5.41, 5.74) is 3.94. The number of aryl methyl sites for hydroxylation is 2. The molecule has 0 aromatic heterocycles. The molecule has 192 valence electrons. The van der Waals surface area contributed by atoms with Gasteiger partial charge in [0.25, 0.3) is 0 Å². The third-order valence-corrected chi connectivity index (χ3v) is 11.3. The summed E-state index contributed by atoms with van der Waals surface area (Å²) in [4.78, 5) is 0. The summed E-state index contributed by atoms with van der Waals surface area (Å²) < 4.78 is 53.3. The molecule has 1 aliphatic rings. The zero-order valence-electron chi connectivity index (χ0n) is 21.1. The van der Waals surface area contributed by atoms with Crippen LogP contribution in [0.1, 0.15) is 67.2 Å². The van der Waals surface area contributed by atoms with Crippen molar-refractivity contribution in [2.75, 3.05) is 0 Å². The monoisotopic (exact) mass is 512 g/mol. The van der Waals surface area contributed by atoms with E-state index in [0.29, 0.717) is 17.9 Å². The second-order valence-corrected chi connectivity index (χ2v) is 13.8. The van der Waals surface area contributed by atoms with Crippen molar-refractivity contribution in [3.63, 3.8) is 0 Å². The maximum absolute atomic E-state index is 15.1. The van der Waals surface area contributed by atoms with Gasteiger partial charge in [0.1, 0.15) is 5.82 Å². The molecule has 1 heterocycles. The maximum Gasteiger partial charge on any atom is 0.416 e. The third-order valence-electron chi connectivity index (χ3n) is 7.78. The number of benzene rings is 3. The molecule has 0 atom stereocenters. The minimum Gasteiger partial charge on any atom is -0.206 e. The average molecular weight is 513 g/mol. The quantitative estimate of drug-likeness (QED) is 0.152. The van der Waals surface area contributed by atoms with Crippen LogP contribution in [0.5, 0.6) is 0 Å². The average Bonchev–Trinajstić information content (AvgIpc) is 2.88. The fraction of sp³-hybridized carbons (Fsp3) is 0.419. The highest BCUT2D eigenvalue weighted by molar-refractivity contribution is 6.59. The van der Waals surface area contributed by atoms with Gasteiger partial charge in [0.2, 0.25) is 0 Å². The lowest BCUT2D eigenvalue weighted by Crippen LogP contribution is -2.20. The second kappa shape index (κ2) is 12.2. The van der Waals surface area contributed by atoms with Gasteiger partial charge in [-0.3, -0.25) is 0 Å². The molecule has 3 aromatic rings. The van der Waals surface area contributed by atoms with E-state index in [1.54, 1.807) is 6.07 Å². The topological polar surface area (TPSA) is 0 Å². The molecular weight excluding hydrogens is 476 g/mol. The Morgan fingerprint density at radius 3 is 1.97 bits per heavy atom. The predicted octanol–water partition coefficient (Wildman–Crippen LogP) is 9.59. The van der Waals surface area contributed by atoms with E-state index in [9.17, 15) is 13.2 Å². The largest absolute Gasteiger partial charge is 0.416 e. The number of unbranched alkanes of at least 4 members (excludes halogenated alkanes) is 2. The minimum absolute atomic E-state index is 0.160. The van der Waals surface area contributed by atoms with Crippen molar-refractivity contribution in [3.05, 3.63) is 94.8 Å². The lowest BCUT2D eigenvalue weighted by Gasteiger charge is -2.28. The zero-order valence-corrected chi connectivity index (χ0v) is 22.2. The fourth-order valence-electron chi connectivity index (χ4n) is 5.49. The van der Waals surface area contributed by atoms with Crippen LogP contribution in [0.25, 0.3) is 11.1 Å². The number of hydrogen-bond acceptors (Lipinski definition) is 0. The van der Waals surface area contributed by atoms with Gasteiger partial charge in [0, 0.05) is 14.4 Å². The Morgan fingerprint density at radius 2 is 1.42 bits per heavy atom. The van der Waals surface area contributed by atoms with Gasteiger partial charge < -0.3 is 0 Å². The molecule has 1 fully saturated rings. The first-order valence-corrected chi connectivity index (χ1v) is 15.8. The predicted molar refractivity (Wildman–Crippen MR) is 144 cm³/mol. The highest BCUT2D eigenvalue weighted by Gasteiger charge is 2.30. The fourth-order valence-corrected chi connectivity index (χ4v) is 8.97. The van der Waals surface area contributed by atoms with E-state index < -0.39 is 20.5 Å². The maximum atomic E-state index is 15.1. The first-order chi connectivity index (χ1) is 17.3. The molecule has 5 heteroatoms. The van der Waals surface area contributed by atoms with Crippen LogP contribution in [0.4, 0.5) is 17.6 Å². The van der Waals surface area contributed by atoms with Crippen LogP contribution in [-0.2, 0) is 19.0 Å². The molecule has 0 radical (unpaired) electrons. The van der Waals surface area contributed by atoms with Crippen molar-refractivity contribution in [1.29, 1.82) is 0 Å². The Kier molecular flexibility index (Phi) is 9.05. The molecule has 36 heavy (non-hydrogen) atoms. The highest BCUT2D eigenvalue weighted by atomic mass is 28.3. The van der Waals surface area contributed by atoms with E-state index in [4.69, 9.17) is 0 Å². The van der Waals surface area contributed by atoms with E-state index in [-0.39, 0.29) is 5.82 Å². The van der Waals surface area contributed by atoms with Crippen LogP contribution in [0.15, 0.2) is 66.7 Å². The molecule has 0 unspecified atom stereocenters.